The summed E-state index contributed by atoms with van der Waals surface area (Å²) in [5.74, 6) is -0.336. The second kappa shape index (κ2) is 7.92. The maximum atomic E-state index is 14.5. The Hall–Kier alpha value is -2.22. The van der Waals surface area contributed by atoms with E-state index in [-0.39, 0.29) is 57.2 Å². The molecule has 5 aliphatic carbocycles. The van der Waals surface area contributed by atoms with E-state index in [1.54, 1.807) is 0 Å². The summed E-state index contributed by atoms with van der Waals surface area (Å²) in [5.41, 5.74) is -0.133. The highest BCUT2D eigenvalue weighted by Gasteiger charge is 2.71. The number of hydrogen-bond donors (Lipinski definition) is 0. The van der Waals surface area contributed by atoms with E-state index in [0.29, 0.717) is 0 Å². The zero-order valence-corrected chi connectivity index (χ0v) is 24.8. The third kappa shape index (κ3) is 3.01. The molecule has 0 aromatic rings. The molecule has 206 valence electrons. The zero-order chi connectivity index (χ0) is 28.3. The molecule has 2 unspecified atom stereocenters. The number of ketones is 2. The van der Waals surface area contributed by atoms with E-state index in [2.05, 4.69) is 39.5 Å². The van der Waals surface area contributed by atoms with Gasteiger partial charge in [0, 0.05) is 16.7 Å². The minimum absolute atomic E-state index is 0.0339. The summed E-state index contributed by atoms with van der Waals surface area (Å²) in [7, 11) is 1.49. The second-order valence-electron chi connectivity index (χ2n) is 15.2. The largest absolute Gasteiger partial charge is 0.469 e. The maximum absolute atomic E-state index is 14.5. The van der Waals surface area contributed by atoms with Gasteiger partial charge in [-0.2, -0.15) is 0 Å². The van der Waals surface area contributed by atoms with E-state index >= 15 is 0 Å². The monoisotopic (exact) mass is 519 g/mol. The van der Waals surface area contributed by atoms with Gasteiger partial charge in [0.2, 0.25) is 5.70 Å². The summed E-state index contributed by atoms with van der Waals surface area (Å²) in [5, 5.41) is 0. The van der Waals surface area contributed by atoms with Crippen molar-refractivity contribution >= 4 is 17.5 Å². The number of esters is 1. The summed E-state index contributed by atoms with van der Waals surface area (Å²) >= 11 is 0. The molecule has 0 aliphatic heterocycles. The zero-order valence-electron chi connectivity index (χ0n) is 24.8. The number of allylic oxidation sites excluding steroid dienone is 4. The summed E-state index contributed by atoms with van der Waals surface area (Å²) in [4.78, 5) is 45.1. The summed E-state index contributed by atoms with van der Waals surface area (Å²) < 4.78 is 5.42. The first kappa shape index (κ1) is 27.4. The molecule has 5 heteroatoms. The Labute approximate surface area is 228 Å². The van der Waals surface area contributed by atoms with Crippen LogP contribution >= 0.6 is 0 Å². The lowest BCUT2D eigenvalue weighted by molar-refractivity contribution is -0.191. The normalized spacial score (nSPS) is 45.1. The number of fused-ring (bicyclic) bond motifs is 7. The van der Waals surface area contributed by atoms with Crippen molar-refractivity contribution in [2.75, 3.05) is 7.11 Å². The topological polar surface area (TPSA) is 64.8 Å². The molecule has 3 saturated carbocycles. The first-order chi connectivity index (χ1) is 17.5. The number of hydrogen-bond acceptors (Lipinski definition) is 4. The van der Waals surface area contributed by atoms with Crippen LogP contribution in [0.4, 0.5) is 0 Å². The van der Waals surface area contributed by atoms with Crippen molar-refractivity contribution in [1.29, 1.82) is 0 Å². The Morgan fingerprint density at radius 1 is 1.00 bits per heavy atom. The van der Waals surface area contributed by atoms with Gasteiger partial charge in [0.25, 0.3) is 0 Å². The minimum atomic E-state index is -0.670. The second-order valence-corrected chi connectivity index (χ2v) is 15.2. The molecule has 5 nitrogen and oxygen atoms in total. The molecule has 0 aromatic carbocycles. The van der Waals surface area contributed by atoms with Gasteiger partial charge < -0.3 is 9.53 Å². The number of methoxy groups -OCH3 is 1. The van der Waals surface area contributed by atoms with Crippen molar-refractivity contribution in [2.24, 2.45) is 50.2 Å². The number of Topliss-reactive ketones (excluding diaryl/α,β-unsaturated/α-hetero) is 1. The van der Waals surface area contributed by atoms with E-state index < -0.39 is 16.2 Å². The van der Waals surface area contributed by atoms with Crippen molar-refractivity contribution in [3.05, 3.63) is 34.3 Å². The van der Waals surface area contributed by atoms with Crippen molar-refractivity contribution in [3.8, 4) is 0 Å². The van der Waals surface area contributed by atoms with Crippen molar-refractivity contribution in [2.45, 2.75) is 100 Å². The minimum Gasteiger partial charge on any atom is -0.469 e. The SMILES string of the molecule is [C-]#[N+]C1=C(C)[C@]2(C)C3=CC(=O)C4C5CC(C)(C)CC[C@]5(C(=O)OC)CC[C@@]4(C)[C@]3(C)CC[C@H]2C(C)(C)C1=O. The van der Waals surface area contributed by atoms with Gasteiger partial charge in [-0.1, -0.05) is 66.5 Å². The van der Waals surface area contributed by atoms with Gasteiger partial charge >= 0.3 is 5.97 Å². The van der Waals surface area contributed by atoms with Crippen molar-refractivity contribution in [1.82, 2.24) is 0 Å². The van der Waals surface area contributed by atoms with Crippen LogP contribution in [0.25, 0.3) is 4.85 Å². The van der Waals surface area contributed by atoms with Crippen LogP contribution in [0.3, 0.4) is 0 Å². The molecule has 38 heavy (non-hydrogen) atoms. The van der Waals surface area contributed by atoms with E-state index in [1.165, 1.54) is 7.11 Å². The predicted molar refractivity (Wildman–Crippen MR) is 147 cm³/mol. The average molecular weight is 520 g/mol. The molecular weight excluding hydrogens is 474 g/mol. The Morgan fingerprint density at radius 2 is 1.63 bits per heavy atom. The predicted octanol–water partition coefficient (Wildman–Crippen LogP) is 7.12. The van der Waals surface area contributed by atoms with Crippen LogP contribution in [0.1, 0.15) is 100 Å². The van der Waals surface area contributed by atoms with E-state index in [9.17, 15) is 14.4 Å². The Morgan fingerprint density at radius 3 is 2.24 bits per heavy atom. The fourth-order valence-electron chi connectivity index (χ4n) is 10.5. The lowest BCUT2D eigenvalue weighted by Gasteiger charge is -2.69. The van der Waals surface area contributed by atoms with Gasteiger partial charge in [0.1, 0.15) is 0 Å². The lowest BCUT2D eigenvalue weighted by Crippen LogP contribution is -2.66. The fraction of sp³-hybridized carbons (Fsp3) is 0.758. The molecule has 5 aliphatic rings. The van der Waals surface area contributed by atoms with Gasteiger partial charge in [-0.25, -0.2) is 4.85 Å². The fourth-order valence-corrected chi connectivity index (χ4v) is 10.5. The molecule has 0 amide bonds. The van der Waals surface area contributed by atoms with Crippen LogP contribution in [0.5, 0.6) is 0 Å². The molecule has 0 aromatic heterocycles. The van der Waals surface area contributed by atoms with Crippen LogP contribution in [0.15, 0.2) is 22.9 Å². The van der Waals surface area contributed by atoms with Gasteiger partial charge in [-0.15, -0.1) is 0 Å². The van der Waals surface area contributed by atoms with Crippen LogP contribution in [0, 0.1) is 56.8 Å². The quantitative estimate of drug-likeness (QED) is 0.273. The molecule has 0 radical (unpaired) electrons. The molecule has 7 atom stereocenters. The van der Waals surface area contributed by atoms with Crippen LogP contribution in [-0.2, 0) is 19.1 Å². The highest BCUT2D eigenvalue weighted by Crippen LogP contribution is 2.75. The molecule has 0 N–H and O–H groups in total. The number of rotatable bonds is 1. The van der Waals surface area contributed by atoms with E-state index in [1.807, 2.05) is 26.8 Å². The molecular formula is C33H45NO4. The molecule has 0 bridgehead atoms. The van der Waals surface area contributed by atoms with Gasteiger partial charge in [0.15, 0.2) is 11.6 Å². The highest BCUT2D eigenvalue weighted by molar-refractivity contribution is 6.04. The molecule has 0 saturated heterocycles. The summed E-state index contributed by atoms with van der Waals surface area (Å²) in [6.07, 6.45) is 7.82. The third-order valence-corrected chi connectivity index (χ3v) is 13.1. The number of nitrogens with zero attached hydrogens (tertiary/aromatic N) is 1. The first-order valence-corrected chi connectivity index (χ1v) is 14.5. The van der Waals surface area contributed by atoms with Crippen molar-refractivity contribution in [3.63, 3.8) is 0 Å². The number of carbonyl (C=O) groups excluding carboxylic acids is 3. The van der Waals surface area contributed by atoms with Gasteiger partial charge in [-0.3, -0.25) is 9.59 Å². The molecule has 0 spiro atoms. The Balaban J connectivity index is 1.73. The van der Waals surface area contributed by atoms with E-state index in [4.69, 9.17) is 11.3 Å². The van der Waals surface area contributed by atoms with Crippen LogP contribution in [0.2, 0.25) is 0 Å². The number of carbonyl (C=O) groups is 3. The third-order valence-electron chi connectivity index (χ3n) is 13.1. The number of ether oxygens (including phenoxy) is 1. The summed E-state index contributed by atoms with van der Waals surface area (Å²) in [6, 6.07) is 0. The highest BCUT2D eigenvalue weighted by atomic mass is 16.5. The summed E-state index contributed by atoms with van der Waals surface area (Å²) in [6.45, 7) is 25.2. The lowest BCUT2D eigenvalue weighted by atomic mass is 9.33. The average Bonchev–Trinajstić information content (AvgIpc) is 2.84. The Bertz CT molecular complexity index is 1250. The molecule has 5 rings (SSSR count). The first-order valence-electron chi connectivity index (χ1n) is 14.5. The van der Waals surface area contributed by atoms with Crippen molar-refractivity contribution < 1.29 is 19.1 Å². The standard InChI is InChI=1S/C33H45NO4/c1-19-25(34-9)26(36)29(4,5)22-11-12-30(6)23(32(19,22)8)17-21(35)24-20-18-28(2,3)13-15-33(20,27(37)38-10)16-14-31(24,30)7/h17,20,22,24H,11-16,18H2,1-8,10H3/t20?,22-,24?,30+,31+,32-,33-/m0/s1. The smallest absolute Gasteiger partial charge is 0.312 e. The molecule has 3 fully saturated rings. The van der Waals surface area contributed by atoms with Gasteiger partial charge in [-0.05, 0) is 79.1 Å². The van der Waals surface area contributed by atoms with Crippen LogP contribution in [-0.4, -0.2) is 24.6 Å². The van der Waals surface area contributed by atoms with Gasteiger partial charge in [0.05, 0.1) is 19.1 Å². The molecule has 0 heterocycles. The van der Waals surface area contributed by atoms with Crippen LogP contribution < -0.4 is 0 Å². The maximum Gasteiger partial charge on any atom is 0.312 e. The van der Waals surface area contributed by atoms with E-state index in [0.717, 1.165) is 56.1 Å². The Kier molecular flexibility index (Phi) is 5.70.